The van der Waals surface area contributed by atoms with Crippen molar-refractivity contribution in [3.63, 3.8) is 0 Å². The fourth-order valence-electron chi connectivity index (χ4n) is 4.57. The van der Waals surface area contributed by atoms with Gasteiger partial charge in [-0.2, -0.15) is 8.62 Å². The maximum Gasteiger partial charge on any atom is 0.490 e. The Balaban J connectivity index is 1.33. The van der Waals surface area contributed by atoms with Crippen molar-refractivity contribution in [3.8, 4) is 0 Å². The number of nitrogens with zero attached hydrogens (tertiary/aromatic N) is 5. The SMILES string of the molecule is Nc1ncnc2c1ncn2[C@@H]1O[C@H](COP(=O)(OC[C@H]2O[C@@H](n3ccc(=O)[nH]c3=O)[C@H](O)[C@@H]2O)OP(=O)(O)OP(=O)(O)O)[C@@H](O)[C@H]1O. The fourth-order valence-corrected chi connectivity index (χ4v) is 8.15. The Hall–Kier alpha value is -2.80. The van der Waals surface area contributed by atoms with Gasteiger partial charge in [-0.25, -0.2) is 33.4 Å². The standard InChI is InChI=1S/C19H26N7O18P3/c20-15-10-16(22-5-21-15)26(6-23-10)18-14(31)12(29)8(42-18)4-40-47(38,44-46(36,37)43-45(33,34)35)39-3-7-11(28)13(30)17(41-7)25-2-1-9(27)24-19(25)32/h1-2,5-8,11-14,17-18,28-31H,3-4H2,(H,36,37)(H2,20,21,22)(H,24,27,32)(H2,33,34,35)/t7-,8-,11-,12-,13-,14-,17-,18-,47?/m1/s1. The van der Waals surface area contributed by atoms with E-state index in [-0.39, 0.29) is 17.0 Å². The third kappa shape index (κ3) is 7.76. The van der Waals surface area contributed by atoms with E-state index >= 15 is 0 Å². The summed E-state index contributed by atoms with van der Waals surface area (Å²) in [5, 5.41) is 42.1. The summed E-state index contributed by atoms with van der Waals surface area (Å²) < 4.78 is 67.7. The number of imidazole rings is 1. The summed E-state index contributed by atoms with van der Waals surface area (Å²) in [6, 6.07) is 0.906. The highest BCUT2D eigenvalue weighted by molar-refractivity contribution is 7.66. The maximum atomic E-state index is 13.5. The van der Waals surface area contributed by atoms with E-state index in [2.05, 4.69) is 23.6 Å². The maximum absolute atomic E-state index is 13.5. The minimum absolute atomic E-state index is 0.0103. The predicted molar refractivity (Wildman–Crippen MR) is 146 cm³/mol. The summed E-state index contributed by atoms with van der Waals surface area (Å²) in [5.74, 6) is -0.0103. The van der Waals surface area contributed by atoms with Crippen LogP contribution in [0.3, 0.4) is 0 Å². The molecular weight excluding hydrogens is 707 g/mol. The second kappa shape index (κ2) is 13.2. The molecule has 25 nitrogen and oxygen atoms in total. The molecule has 28 heteroatoms. The van der Waals surface area contributed by atoms with Gasteiger partial charge in [0.2, 0.25) is 0 Å². The molecule has 0 amide bonds. The average molecular weight is 733 g/mol. The van der Waals surface area contributed by atoms with Gasteiger partial charge in [-0.1, -0.05) is 0 Å². The van der Waals surface area contributed by atoms with Crippen LogP contribution in [0.25, 0.3) is 11.2 Å². The van der Waals surface area contributed by atoms with E-state index in [9.17, 15) is 48.6 Å². The van der Waals surface area contributed by atoms with Crippen molar-refractivity contribution in [1.82, 2.24) is 29.1 Å². The molecule has 5 rings (SSSR count). The van der Waals surface area contributed by atoms with Crippen LogP contribution in [0.4, 0.5) is 5.82 Å². The monoisotopic (exact) mass is 733 g/mol. The topological polar surface area (TPSA) is 373 Å². The summed E-state index contributed by atoms with van der Waals surface area (Å²) in [7, 11) is -17.3. The first kappa shape index (κ1) is 35.5. The smallest absolute Gasteiger partial charge is 0.387 e. The number of anilines is 1. The first-order valence-corrected chi connectivity index (χ1v) is 17.3. The number of ether oxygens (including phenoxy) is 2. The number of hydrogen-bond acceptors (Lipinski definition) is 19. The summed E-state index contributed by atoms with van der Waals surface area (Å²) in [6.45, 7) is -2.17. The third-order valence-corrected chi connectivity index (χ3v) is 10.9. The van der Waals surface area contributed by atoms with E-state index in [1.54, 1.807) is 0 Å². The van der Waals surface area contributed by atoms with E-state index < -0.39 is 97.0 Å². The second-order valence-corrected chi connectivity index (χ2v) is 14.5. The number of rotatable bonds is 12. The van der Waals surface area contributed by atoms with Crippen LogP contribution >= 0.6 is 23.5 Å². The van der Waals surface area contributed by atoms with Crippen molar-refractivity contribution >= 4 is 40.4 Å². The fraction of sp³-hybridized carbons (Fsp3) is 0.526. The molecule has 10 atom stereocenters. The van der Waals surface area contributed by atoms with Crippen molar-refractivity contribution in [2.75, 3.05) is 18.9 Å². The van der Waals surface area contributed by atoms with Gasteiger partial charge in [0.1, 0.15) is 48.5 Å². The van der Waals surface area contributed by atoms with Crippen molar-refractivity contribution < 1.29 is 75.9 Å². The van der Waals surface area contributed by atoms with Gasteiger partial charge in [-0.15, -0.1) is 0 Å². The Morgan fingerprint density at radius 1 is 0.851 bits per heavy atom. The minimum atomic E-state index is -5.97. The number of fused-ring (bicyclic) bond motifs is 1. The molecule has 2 fully saturated rings. The number of aliphatic hydroxyl groups is 4. The lowest BCUT2D eigenvalue weighted by Gasteiger charge is -2.24. The Bertz CT molecular complexity index is 1880. The Morgan fingerprint density at radius 3 is 1.98 bits per heavy atom. The van der Waals surface area contributed by atoms with Gasteiger partial charge >= 0.3 is 29.2 Å². The highest BCUT2D eigenvalue weighted by Gasteiger charge is 2.50. The van der Waals surface area contributed by atoms with Gasteiger partial charge in [-0.05, 0) is 0 Å². The van der Waals surface area contributed by atoms with E-state index in [1.807, 2.05) is 4.98 Å². The zero-order valence-electron chi connectivity index (χ0n) is 23.1. The van der Waals surface area contributed by atoms with Crippen LogP contribution in [-0.4, -0.2) is 114 Å². The predicted octanol–water partition coefficient (Wildman–Crippen LogP) is -3.44. The number of nitrogens with two attached hydrogens (primary N) is 1. The summed E-state index contributed by atoms with van der Waals surface area (Å²) >= 11 is 0. The normalized spacial score (nSPS) is 30.8. The molecule has 3 aromatic heterocycles. The molecule has 5 heterocycles. The quantitative estimate of drug-likeness (QED) is 0.0817. The molecule has 47 heavy (non-hydrogen) atoms. The first-order valence-electron chi connectivity index (χ1n) is 12.9. The van der Waals surface area contributed by atoms with Crippen LogP contribution < -0.4 is 17.0 Å². The molecule has 2 saturated heterocycles. The van der Waals surface area contributed by atoms with Gasteiger partial charge in [0.05, 0.1) is 19.5 Å². The lowest BCUT2D eigenvalue weighted by molar-refractivity contribution is -0.0625. The number of hydrogen-bond donors (Lipinski definition) is 9. The van der Waals surface area contributed by atoms with Crippen LogP contribution in [-0.2, 0) is 40.8 Å². The number of aliphatic hydroxyl groups excluding tert-OH is 4. The summed E-state index contributed by atoms with van der Waals surface area (Å²) in [4.78, 5) is 64.9. The van der Waals surface area contributed by atoms with Crippen molar-refractivity contribution in [2.24, 2.45) is 0 Å². The van der Waals surface area contributed by atoms with Crippen molar-refractivity contribution in [1.29, 1.82) is 0 Å². The Morgan fingerprint density at radius 2 is 1.43 bits per heavy atom. The molecule has 2 unspecified atom stereocenters. The highest BCUT2D eigenvalue weighted by atomic mass is 31.3. The van der Waals surface area contributed by atoms with Crippen LogP contribution in [0.15, 0.2) is 34.5 Å². The summed E-state index contributed by atoms with van der Waals surface area (Å²) in [6.07, 6.45) is -10.4. The molecule has 0 aliphatic carbocycles. The lowest BCUT2D eigenvalue weighted by atomic mass is 10.1. The summed E-state index contributed by atoms with van der Waals surface area (Å²) in [5.41, 5.74) is 4.14. The Kier molecular flexibility index (Phi) is 10.0. The number of phosphoric acid groups is 3. The zero-order valence-corrected chi connectivity index (χ0v) is 25.8. The number of aromatic amines is 1. The van der Waals surface area contributed by atoms with Gasteiger partial charge in [0, 0.05) is 12.3 Å². The molecule has 0 aromatic carbocycles. The molecule has 0 spiro atoms. The zero-order chi connectivity index (χ0) is 34.5. The van der Waals surface area contributed by atoms with E-state index in [4.69, 9.17) is 34.0 Å². The molecule has 10 N–H and O–H groups in total. The second-order valence-electron chi connectivity index (χ2n) is 9.85. The van der Waals surface area contributed by atoms with E-state index in [0.717, 1.165) is 24.9 Å². The highest BCUT2D eigenvalue weighted by Crippen LogP contribution is 2.68. The molecule has 2 aliphatic rings. The molecule has 0 bridgehead atoms. The van der Waals surface area contributed by atoms with Crippen molar-refractivity contribution in [2.45, 2.75) is 49.1 Å². The molecule has 2 aliphatic heterocycles. The molecular formula is C19H26N7O18P3. The van der Waals surface area contributed by atoms with Crippen LogP contribution in [0, 0.1) is 0 Å². The molecule has 3 aromatic rings. The molecule has 0 radical (unpaired) electrons. The van der Waals surface area contributed by atoms with Crippen LogP contribution in [0.2, 0.25) is 0 Å². The largest absolute Gasteiger partial charge is 0.490 e. The third-order valence-electron chi connectivity index (χ3n) is 6.67. The molecule has 0 saturated carbocycles. The van der Waals surface area contributed by atoms with Crippen LogP contribution in [0.5, 0.6) is 0 Å². The van der Waals surface area contributed by atoms with Gasteiger partial charge in [-0.3, -0.25) is 28.0 Å². The lowest BCUT2D eigenvalue weighted by Crippen LogP contribution is -2.37. The minimum Gasteiger partial charge on any atom is -0.387 e. The van der Waals surface area contributed by atoms with Gasteiger partial charge in [0.25, 0.3) is 5.56 Å². The van der Waals surface area contributed by atoms with E-state index in [1.165, 1.54) is 4.57 Å². The van der Waals surface area contributed by atoms with Gasteiger partial charge in [0.15, 0.2) is 23.9 Å². The number of aromatic nitrogens is 6. The van der Waals surface area contributed by atoms with Crippen molar-refractivity contribution in [3.05, 3.63) is 45.8 Å². The number of nitrogen functional groups attached to an aromatic ring is 1. The van der Waals surface area contributed by atoms with Crippen LogP contribution in [0.1, 0.15) is 12.5 Å². The van der Waals surface area contributed by atoms with Gasteiger partial charge < -0.3 is 50.3 Å². The number of nitrogens with one attached hydrogen (secondary N) is 1. The Labute approximate surface area is 259 Å². The number of phosphoric ester groups is 1. The first-order chi connectivity index (χ1) is 21.9. The number of H-pyrrole nitrogens is 1. The van der Waals surface area contributed by atoms with E-state index in [0.29, 0.717) is 4.57 Å². The molecule has 260 valence electrons. The average Bonchev–Trinajstić information content (AvgIpc) is 3.60.